The first-order valence-electron chi connectivity index (χ1n) is 5.61. The quantitative estimate of drug-likeness (QED) is 0.842. The number of rotatable bonds is 2. The molecule has 1 aliphatic heterocycles. The van der Waals surface area contributed by atoms with Crippen LogP contribution in [0.25, 0.3) is 0 Å². The van der Waals surface area contributed by atoms with E-state index in [-0.39, 0.29) is 11.9 Å². The number of fused-ring (bicyclic) bond motifs is 1. The molecule has 7 heteroatoms. The summed E-state index contributed by atoms with van der Waals surface area (Å²) in [6.07, 6.45) is 5.52. The van der Waals surface area contributed by atoms with Crippen molar-refractivity contribution in [1.82, 2.24) is 19.7 Å². The fourth-order valence-corrected chi connectivity index (χ4v) is 1.76. The normalized spacial score (nSPS) is 13.6. The van der Waals surface area contributed by atoms with E-state index >= 15 is 0 Å². The van der Waals surface area contributed by atoms with Gasteiger partial charge in [-0.2, -0.15) is 5.10 Å². The predicted octanol–water partition coefficient (Wildman–Crippen LogP) is 0.708. The minimum absolute atomic E-state index is 0.262. The SMILES string of the molecule is O=C(Nc1ncccn1)c1cnn2c1OCCC2. The first-order chi connectivity index (χ1) is 8.84. The predicted molar refractivity (Wildman–Crippen MR) is 62.3 cm³/mol. The second-order valence-electron chi connectivity index (χ2n) is 3.82. The number of hydrogen-bond acceptors (Lipinski definition) is 5. The molecular weight excluding hydrogens is 234 g/mol. The van der Waals surface area contributed by atoms with Crippen molar-refractivity contribution >= 4 is 11.9 Å². The van der Waals surface area contributed by atoms with E-state index in [1.165, 1.54) is 6.20 Å². The van der Waals surface area contributed by atoms with Crippen LogP contribution in [0.3, 0.4) is 0 Å². The van der Waals surface area contributed by atoms with Crippen molar-refractivity contribution in [2.24, 2.45) is 0 Å². The Kier molecular flexibility index (Phi) is 2.64. The van der Waals surface area contributed by atoms with Crippen LogP contribution in [0.1, 0.15) is 16.8 Å². The molecular formula is C11H11N5O2. The molecule has 18 heavy (non-hydrogen) atoms. The van der Waals surface area contributed by atoms with Crippen LogP contribution >= 0.6 is 0 Å². The summed E-state index contributed by atoms with van der Waals surface area (Å²) in [6.45, 7) is 1.37. The van der Waals surface area contributed by atoms with Gasteiger partial charge in [0.2, 0.25) is 11.8 Å². The first kappa shape index (κ1) is 10.7. The van der Waals surface area contributed by atoms with E-state index in [0.717, 1.165) is 13.0 Å². The average molecular weight is 245 g/mol. The van der Waals surface area contributed by atoms with E-state index in [2.05, 4.69) is 20.4 Å². The molecule has 0 spiro atoms. The number of ether oxygens (including phenoxy) is 1. The third-order valence-electron chi connectivity index (χ3n) is 2.58. The number of anilines is 1. The molecule has 1 aliphatic rings. The molecule has 3 heterocycles. The minimum atomic E-state index is -0.315. The zero-order valence-electron chi connectivity index (χ0n) is 9.54. The van der Waals surface area contributed by atoms with Crippen LogP contribution in [0.4, 0.5) is 5.95 Å². The van der Waals surface area contributed by atoms with E-state index in [1.54, 1.807) is 23.1 Å². The Labute approximate surface area is 103 Å². The number of nitrogens with one attached hydrogen (secondary N) is 1. The fourth-order valence-electron chi connectivity index (χ4n) is 1.76. The lowest BCUT2D eigenvalue weighted by molar-refractivity contribution is 0.101. The Bertz CT molecular complexity index is 566. The maximum Gasteiger partial charge on any atom is 0.265 e. The molecule has 2 aromatic rings. The highest BCUT2D eigenvalue weighted by molar-refractivity contribution is 6.04. The zero-order valence-corrected chi connectivity index (χ0v) is 9.54. The van der Waals surface area contributed by atoms with Crippen molar-refractivity contribution in [1.29, 1.82) is 0 Å². The van der Waals surface area contributed by atoms with Gasteiger partial charge in [-0.25, -0.2) is 14.6 Å². The number of nitrogens with zero attached hydrogens (tertiary/aromatic N) is 4. The Morgan fingerprint density at radius 3 is 3.06 bits per heavy atom. The Balaban J connectivity index is 1.83. The molecule has 1 amide bonds. The zero-order chi connectivity index (χ0) is 12.4. The number of amides is 1. The van der Waals surface area contributed by atoms with Gasteiger partial charge >= 0.3 is 0 Å². The summed E-state index contributed by atoms with van der Waals surface area (Å²) in [4.78, 5) is 19.9. The smallest absolute Gasteiger partial charge is 0.265 e. The third kappa shape index (κ3) is 1.90. The lowest BCUT2D eigenvalue weighted by atomic mass is 10.3. The molecule has 0 radical (unpaired) electrons. The number of carbonyl (C=O) groups is 1. The lowest BCUT2D eigenvalue weighted by Crippen LogP contribution is -2.19. The molecule has 0 unspecified atom stereocenters. The van der Waals surface area contributed by atoms with Crippen molar-refractivity contribution in [2.75, 3.05) is 11.9 Å². The highest BCUT2D eigenvalue weighted by atomic mass is 16.5. The summed E-state index contributed by atoms with van der Waals surface area (Å²) < 4.78 is 7.14. The van der Waals surface area contributed by atoms with Gasteiger partial charge in [0.15, 0.2) is 0 Å². The maximum absolute atomic E-state index is 12.0. The largest absolute Gasteiger partial charge is 0.477 e. The topological polar surface area (TPSA) is 81.9 Å². The summed E-state index contributed by atoms with van der Waals surface area (Å²) in [7, 11) is 0. The summed E-state index contributed by atoms with van der Waals surface area (Å²) in [5, 5.41) is 6.71. The molecule has 1 N–H and O–H groups in total. The van der Waals surface area contributed by atoms with Crippen molar-refractivity contribution < 1.29 is 9.53 Å². The second kappa shape index (κ2) is 4.44. The van der Waals surface area contributed by atoms with Gasteiger partial charge in [0.1, 0.15) is 5.56 Å². The van der Waals surface area contributed by atoms with Crippen molar-refractivity contribution in [3.63, 3.8) is 0 Å². The van der Waals surface area contributed by atoms with Crippen LogP contribution in [0.15, 0.2) is 24.7 Å². The molecule has 92 valence electrons. The Morgan fingerprint density at radius 1 is 1.39 bits per heavy atom. The van der Waals surface area contributed by atoms with Crippen LogP contribution in [0.5, 0.6) is 5.88 Å². The third-order valence-corrected chi connectivity index (χ3v) is 2.58. The lowest BCUT2D eigenvalue weighted by Gasteiger charge is -2.15. The highest BCUT2D eigenvalue weighted by Gasteiger charge is 2.21. The number of hydrogen-bond donors (Lipinski definition) is 1. The summed E-state index contributed by atoms with van der Waals surface area (Å²) in [5.74, 6) is 0.456. The number of carbonyl (C=O) groups excluding carboxylic acids is 1. The molecule has 3 rings (SSSR count). The maximum atomic E-state index is 12.0. The van der Waals surface area contributed by atoms with Crippen LogP contribution in [0.2, 0.25) is 0 Å². The summed E-state index contributed by atoms with van der Waals surface area (Å²) in [6, 6.07) is 1.68. The molecule has 2 aromatic heterocycles. The highest BCUT2D eigenvalue weighted by Crippen LogP contribution is 2.22. The molecule has 7 nitrogen and oxygen atoms in total. The minimum Gasteiger partial charge on any atom is -0.477 e. The van der Waals surface area contributed by atoms with Gasteiger partial charge in [-0.3, -0.25) is 10.1 Å². The second-order valence-corrected chi connectivity index (χ2v) is 3.82. The van der Waals surface area contributed by atoms with Crippen LogP contribution in [0, 0.1) is 0 Å². The number of aryl methyl sites for hydroxylation is 1. The molecule has 0 fully saturated rings. The summed E-state index contributed by atoms with van der Waals surface area (Å²) in [5.41, 5.74) is 0.405. The van der Waals surface area contributed by atoms with Crippen LogP contribution < -0.4 is 10.1 Å². The molecule has 0 saturated heterocycles. The fraction of sp³-hybridized carbons (Fsp3) is 0.273. The van der Waals surface area contributed by atoms with Gasteiger partial charge in [-0.1, -0.05) is 0 Å². The van der Waals surface area contributed by atoms with Gasteiger partial charge in [-0.15, -0.1) is 0 Å². The van der Waals surface area contributed by atoms with E-state index in [4.69, 9.17) is 4.74 Å². The molecule has 0 aliphatic carbocycles. The van der Waals surface area contributed by atoms with Gasteiger partial charge in [0.25, 0.3) is 5.91 Å². The Hall–Kier alpha value is -2.44. The van der Waals surface area contributed by atoms with Crippen molar-refractivity contribution in [3.05, 3.63) is 30.2 Å². The van der Waals surface area contributed by atoms with Crippen LogP contribution in [-0.4, -0.2) is 32.3 Å². The van der Waals surface area contributed by atoms with Gasteiger partial charge in [0.05, 0.1) is 12.8 Å². The number of aromatic nitrogens is 4. The molecule has 0 atom stereocenters. The van der Waals surface area contributed by atoms with Crippen molar-refractivity contribution in [3.8, 4) is 5.88 Å². The average Bonchev–Trinajstić information content (AvgIpc) is 2.84. The molecule has 0 bridgehead atoms. The Morgan fingerprint density at radius 2 is 2.22 bits per heavy atom. The van der Waals surface area contributed by atoms with E-state index < -0.39 is 0 Å². The first-order valence-corrected chi connectivity index (χ1v) is 5.61. The van der Waals surface area contributed by atoms with E-state index in [1.807, 2.05) is 0 Å². The van der Waals surface area contributed by atoms with Gasteiger partial charge in [0, 0.05) is 25.4 Å². The van der Waals surface area contributed by atoms with Gasteiger partial charge < -0.3 is 4.74 Å². The summed E-state index contributed by atoms with van der Waals surface area (Å²) >= 11 is 0. The van der Waals surface area contributed by atoms with E-state index in [0.29, 0.717) is 18.1 Å². The standard InChI is InChI=1S/C11H11N5O2/c17-9(15-11-12-3-1-4-13-11)8-7-14-16-5-2-6-18-10(8)16/h1,3-4,7H,2,5-6H2,(H,12,13,15,17). The van der Waals surface area contributed by atoms with Crippen LogP contribution in [-0.2, 0) is 6.54 Å². The van der Waals surface area contributed by atoms with Crippen molar-refractivity contribution in [2.45, 2.75) is 13.0 Å². The molecule has 0 saturated carbocycles. The monoisotopic (exact) mass is 245 g/mol. The van der Waals surface area contributed by atoms with E-state index in [9.17, 15) is 4.79 Å². The van der Waals surface area contributed by atoms with Gasteiger partial charge in [-0.05, 0) is 6.07 Å². The molecule has 0 aromatic carbocycles.